The van der Waals surface area contributed by atoms with Crippen molar-refractivity contribution in [2.24, 2.45) is 0 Å². The van der Waals surface area contributed by atoms with Crippen LogP contribution in [0.25, 0.3) is 0 Å². The van der Waals surface area contributed by atoms with Gasteiger partial charge >= 0.3 is 5.97 Å². The Morgan fingerprint density at radius 1 is 0.946 bits per heavy atom. The highest BCUT2D eigenvalue weighted by Crippen LogP contribution is 2.38. The van der Waals surface area contributed by atoms with Crippen LogP contribution in [0.4, 0.5) is 0 Å². The Balaban J connectivity index is 1.53. The van der Waals surface area contributed by atoms with E-state index >= 15 is 0 Å². The molecule has 0 aromatic heterocycles. The molecule has 190 valence electrons. The van der Waals surface area contributed by atoms with Crippen LogP contribution in [0.3, 0.4) is 0 Å². The molecular formula is C31H32N2O4. The third kappa shape index (κ3) is 6.15. The summed E-state index contributed by atoms with van der Waals surface area (Å²) in [5.41, 5.74) is 5.56. The van der Waals surface area contributed by atoms with Crippen molar-refractivity contribution in [2.45, 2.75) is 46.2 Å². The van der Waals surface area contributed by atoms with E-state index in [9.17, 15) is 14.4 Å². The van der Waals surface area contributed by atoms with Crippen molar-refractivity contribution in [3.63, 3.8) is 0 Å². The Morgan fingerprint density at radius 3 is 2.35 bits per heavy atom. The van der Waals surface area contributed by atoms with Crippen LogP contribution in [0.5, 0.6) is 0 Å². The molecule has 1 aliphatic heterocycles. The SMILES string of the molecule is CCOC(=O)C1=C(C)N(Cc2ccc(C(=O)NCc3ccccc3)cc2)C(=O)C[C@@H]1c1cccc(C)c1. The van der Waals surface area contributed by atoms with Crippen molar-refractivity contribution in [3.8, 4) is 0 Å². The molecule has 1 aliphatic rings. The van der Waals surface area contributed by atoms with Gasteiger partial charge in [0, 0.05) is 30.1 Å². The molecule has 6 nitrogen and oxygen atoms in total. The maximum atomic E-state index is 13.3. The first kappa shape index (κ1) is 25.9. The molecule has 1 N–H and O–H groups in total. The van der Waals surface area contributed by atoms with Crippen LogP contribution in [-0.4, -0.2) is 29.3 Å². The summed E-state index contributed by atoms with van der Waals surface area (Å²) < 4.78 is 5.39. The topological polar surface area (TPSA) is 75.7 Å². The highest BCUT2D eigenvalue weighted by molar-refractivity contribution is 5.96. The number of benzene rings is 3. The molecule has 0 saturated carbocycles. The molecule has 37 heavy (non-hydrogen) atoms. The van der Waals surface area contributed by atoms with Gasteiger partial charge in [0.05, 0.1) is 18.7 Å². The number of carbonyl (C=O) groups is 3. The van der Waals surface area contributed by atoms with Gasteiger partial charge in [-0.25, -0.2) is 4.79 Å². The predicted octanol–water partition coefficient (Wildman–Crippen LogP) is 5.28. The van der Waals surface area contributed by atoms with Crippen molar-refractivity contribution in [3.05, 3.63) is 118 Å². The average Bonchev–Trinajstić information content (AvgIpc) is 2.90. The maximum absolute atomic E-state index is 13.3. The summed E-state index contributed by atoms with van der Waals surface area (Å²) in [6.45, 7) is 6.59. The van der Waals surface area contributed by atoms with Crippen molar-refractivity contribution >= 4 is 17.8 Å². The number of amides is 2. The van der Waals surface area contributed by atoms with Gasteiger partial charge in [-0.2, -0.15) is 0 Å². The zero-order chi connectivity index (χ0) is 26.4. The molecule has 0 bridgehead atoms. The number of allylic oxidation sites excluding steroid dienone is 1. The average molecular weight is 497 g/mol. The summed E-state index contributed by atoms with van der Waals surface area (Å²) in [4.78, 5) is 40.5. The zero-order valence-electron chi connectivity index (χ0n) is 21.5. The van der Waals surface area contributed by atoms with Gasteiger partial charge in [0.1, 0.15) is 0 Å². The second kappa shape index (κ2) is 11.7. The molecule has 3 aromatic carbocycles. The standard InChI is InChI=1S/C31H32N2O4/c1-4-37-31(36)29-22(3)33(28(34)18-27(29)26-12-8-9-21(2)17-26)20-24-13-15-25(16-14-24)30(35)32-19-23-10-6-5-7-11-23/h5-17,27H,4,18-20H2,1-3H3,(H,32,35)/t27-/m1/s1. The number of ether oxygens (including phenoxy) is 1. The summed E-state index contributed by atoms with van der Waals surface area (Å²) >= 11 is 0. The minimum absolute atomic E-state index is 0.0539. The molecule has 0 spiro atoms. The fourth-order valence-electron chi connectivity index (χ4n) is 4.67. The van der Waals surface area contributed by atoms with Crippen LogP contribution in [0, 0.1) is 6.92 Å². The van der Waals surface area contributed by atoms with Crippen LogP contribution in [0.15, 0.2) is 90.1 Å². The Labute approximate surface area is 218 Å². The van der Waals surface area contributed by atoms with Gasteiger partial charge in [-0.15, -0.1) is 0 Å². The Kier molecular flexibility index (Phi) is 8.18. The molecular weight excluding hydrogens is 464 g/mol. The maximum Gasteiger partial charge on any atom is 0.336 e. The van der Waals surface area contributed by atoms with Crippen molar-refractivity contribution in [2.75, 3.05) is 6.61 Å². The van der Waals surface area contributed by atoms with E-state index in [1.165, 1.54) is 0 Å². The number of hydrogen-bond donors (Lipinski definition) is 1. The number of carbonyl (C=O) groups excluding carboxylic acids is 3. The Bertz CT molecular complexity index is 1310. The lowest BCUT2D eigenvalue weighted by Gasteiger charge is -2.34. The van der Waals surface area contributed by atoms with Crippen LogP contribution in [0.1, 0.15) is 58.8 Å². The fraction of sp³-hybridized carbons (Fsp3) is 0.258. The molecule has 1 heterocycles. The number of aryl methyl sites for hydroxylation is 1. The Morgan fingerprint density at radius 2 is 1.68 bits per heavy atom. The van der Waals surface area contributed by atoms with Crippen LogP contribution < -0.4 is 5.32 Å². The predicted molar refractivity (Wildman–Crippen MR) is 142 cm³/mol. The molecule has 0 aliphatic carbocycles. The molecule has 4 rings (SSSR count). The van der Waals surface area contributed by atoms with E-state index in [1.54, 1.807) is 30.9 Å². The van der Waals surface area contributed by atoms with Gasteiger partial charge in [0.2, 0.25) is 5.91 Å². The first-order valence-corrected chi connectivity index (χ1v) is 12.5. The second-order valence-electron chi connectivity index (χ2n) is 9.24. The summed E-state index contributed by atoms with van der Waals surface area (Å²) in [5, 5.41) is 2.92. The normalized spacial score (nSPS) is 15.5. The van der Waals surface area contributed by atoms with Crippen molar-refractivity contribution in [1.82, 2.24) is 10.2 Å². The third-order valence-electron chi connectivity index (χ3n) is 6.62. The number of esters is 1. The van der Waals surface area contributed by atoms with E-state index in [-0.39, 0.29) is 30.8 Å². The summed E-state index contributed by atoms with van der Waals surface area (Å²) in [6, 6.07) is 24.8. The number of nitrogens with zero attached hydrogens (tertiary/aromatic N) is 1. The summed E-state index contributed by atoms with van der Waals surface area (Å²) in [7, 11) is 0. The molecule has 0 saturated heterocycles. The van der Waals surface area contributed by atoms with Gasteiger partial charge in [-0.3, -0.25) is 9.59 Å². The van der Waals surface area contributed by atoms with E-state index in [4.69, 9.17) is 4.74 Å². The lowest BCUT2D eigenvalue weighted by molar-refractivity contribution is -0.140. The number of rotatable bonds is 8. The molecule has 6 heteroatoms. The first-order valence-electron chi connectivity index (χ1n) is 12.5. The molecule has 0 unspecified atom stereocenters. The second-order valence-corrected chi connectivity index (χ2v) is 9.24. The molecule has 3 aromatic rings. The minimum atomic E-state index is -0.394. The third-order valence-corrected chi connectivity index (χ3v) is 6.62. The van der Waals surface area contributed by atoms with Crippen LogP contribution >= 0.6 is 0 Å². The fourth-order valence-corrected chi connectivity index (χ4v) is 4.67. The lowest BCUT2D eigenvalue weighted by atomic mass is 9.83. The van der Waals surface area contributed by atoms with Crippen LogP contribution in [-0.2, 0) is 27.4 Å². The van der Waals surface area contributed by atoms with Gasteiger partial charge in [-0.05, 0) is 49.6 Å². The van der Waals surface area contributed by atoms with E-state index in [0.29, 0.717) is 29.9 Å². The molecule has 0 radical (unpaired) electrons. The Hall–Kier alpha value is -4.19. The molecule has 0 fully saturated rings. The van der Waals surface area contributed by atoms with Gasteiger partial charge in [-0.1, -0.05) is 72.3 Å². The highest BCUT2D eigenvalue weighted by atomic mass is 16.5. The van der Waals surface area contributed by atoms with Gasteiger partial charge in [0.15, 0.2) is 0 Å². The van der Waals surface area contributed by atoms with E-state index < -0.39 is 5.97 Å². The summed E-state index contributed by atoms with van der Waals surface area (Å²) in [5.74, 6) is -0.958. The highest BCUT2D eigenvalue weighted by Gasteiger charge is 2.36. The largest absolute Gasteiger partial charge is 0.463 e. The zero-order valence-corrected chi connectivity index (χ0v) is 21.5. The van der Waals surface area contributed by atoms with Crippen LogP contribution in [0.2, 0.25) is 0 Å². The lowest BCUT2D eigenvalue weighted by Crippen LogP contribution is -2.38. The number of nitrogens with one attached hydrogen (secondary N) is 1. The first-order chi connectivity index (χ1) is 17.9. The number of hydrogen-bond acceptors (Lipinski definition) is 4. The van der Waals surface area contributed by atoms with E-state index in [2.05, 4.69) is 5.32 Å². The smallest absolute Gasteiger partial charge is 0.336 e. The summed E-state index contributed by atoms with van der Waals surface area (Å²) in [6.07, 6.45) is 0.189. The van der Waals surface area contributed by atoms with Crippen molar-refractivity contribution < 1.29 is 19.1 Å². The van der Waals surface area contributed by atoms with Gasteiger partial charge < -0.3 is 15.0 Å². The van der Waals surface area contributed by atoms with E-state index in [1.807, 2.05) is 73.7 Å². The quantitative estimate of drug-likeness (QED) is 0.431. The van der Waals surface area contributed by atoms with E-state index in [0.717, 1.165) is 22.3 Å². The van der Waals surface area contributed by atoms with Crippen molar-refractivity contribution in [1.29, 1.82) is 0 Å². The monoisotopic (exact) mass is 496 g/mol. The molecule has 2 amide bonds. The molecule has 1 atom stereocenters. The minimum Gasteiger partial charge on any atom is -0.463 e. The van der Waals surface area contributed by atoms with Gasteiger partial charge in [0.25, 0.3) is 5.91 Å².